The van der Waals surface area contributed by atoms with Gasteiger partial charge in [-0.25, -0.2) is 4.79 Å². The average molecular weight is 335 g/mol. The minimum atomic E-state index is -0.268. The number of carbonyl (C=O) groups excluding carboxylic acids is 1. The number of nitrogens with zero attached hydrogens (tertiary/aromatic N) is 1. The molecule has 5 heteroatoms. The van der Waals surface area contributed by atoms with E-state index in [1.54, 1.807) is 6.20 Å². The van der Waals surface area contributed by atoms with Crippen LogP contribution >= 0.6 is 0 Å². The van der Waals surface area contributed by atoms with Crippen LogP contribution in [0.25, 0.3) is 10.9 Å². The molecule has 1 heterocycles. The monoisotopic (exact) mass is 335 g/mol. The Morgan fingerprint density at radius 1 is 1.04 bits per heavy atom. The van der Waals surface area contributed by atoms with Crippen LogP contribution in [0.15, 0.2) is 66.9 Å². The fourth-order valence-electron chi connectivity index (χ4n) is 2.83. The van der Waals surface area contributed by atoms with E-state index in [0.717, 1.165) is 22.0 Å². The SMILES string of the molecule is O=C(NCc1cccc2cccnc12)N[C@H](CCO)c1ccccc1. The third-order valence-corrected chi connectivity index (χ3v) is 4.08. The minimum Gasteiger partial charge on any atom is -0.396 e. The molecular formula is C20H21N3O2. The Morgan fingerprint density at radius 2 is 1.84 bits per heavy atom. The van der Waals surface area contributed by atoms with Crippen molar-refractivity contribution in [3.8, 4) is 0 Å². The van der Waals surface area contributed by atoms with Crippen LogP contribution in [0.2, 0.25) is 0 Å². The highest BCUT2D eigenvalue weighted by atomic mass is 16.3. The van der Waals surface area contributed by atoms with Crippen molar-refractivity contribution in [3.05, 3.63) is 78.0 Å². The molecule has 0 saturated heterocycles. The van der Waals surface area contributed by atoms with E-state index >= 15 is 0 Å². The summed E-state index contributed by atoms with van der Waals surface area (Å²) >= 11 is 0. The molecule has 3 rings (SSSR count). The molecule has 5 nitrogen and oxygen atoms in total. The second-order valence-electron chi connectivity index (χ2n) is 5.79. The molecule has 0 spiro atoms. The van der Waals surface area contributed by atoms with Gasteiger partial charge in [-0.3, -0.25) is 4.98 Å². The zero-order chi connectivity index (χ0) is 17.5. The molecule has 128 valence electrons. The van der Waals surface area contributed by atoms with Crippen LogP contribution in [-0.2, 0) is 6.54 Å². The summed E-state index contributed by atoms with van der Waals surface area (Å²) in [5, 5.41) is 16.1. The van der Waals surface area contributed by atoms with Crippen LogP contribution in [0.4, 0.5) is 4.79 Å². The number of pyridine rings is 1. The maximum Gasteiger partial charge on any atom is 0.315 e. The van der Waals surface area contributed by atoms with Crippen LogP contribution in [0.5, 0.6) is 0 Å². The van der Waals surface area contributed by atoms with Gasteiger partial charge in [0.15, 0.2) is 0 Å². The highest BCUT2D eigenvalue weighted by Gasteiger charge is 2.14. The summed E-state index contributed by atoms with van der Waals surface area (Å²) in [4.78, 5) is 16.7. The number of para-hydroxylation sites is 1. The molecule has 0 aliphatic heterocycles. The van der Waals surface area contributed by atoms with Gasteiger partial charge in [0.2, 0.25) is 0 Å². The van der Waals surface area contributed by atoms with Gasteiger partial charge in [-0.05, 0) is 23.6 Å². The predicted molar refractivity (Wildman–Crippen MR) is 98.0 cm³/mol. The zero-order valence-electron chi connectivity index (χ0n) is 13.9. The second-order valence-corrected chi connectivity index (χ2v) is 5.79. The molecule has 2 amide bonds. The maximum atomic E-state index is 12.3. The van der Waals surface area contributed by atoms with Gasteiger partial charge in [0.05, 0.1) is 11.6 Å². The number of carbonyl (C=O) groups is 1. The molecule has 0 saturated carbocycles. The molecule has 0 unspecified atom stereocenters. The van der Waals surface area contributed by atoms with Crippen LogP contribution in [-0.4, -0.2) is 22.7 Å². The summed E-state index contributed by atoms with van der Waals surface area (Å²) in [5.74, 6) is 0. The van der Waals surface area contributed by atoms with Crippen LogP contribution in [0.3, 0.4) is 0 Å². The third-order valence-electron chi connectivity index (χ3n) is 4.08. The van der Waals surface area contributed by atoms with E-state index < -0.39 is 0 Å². The summed E-state index contributed by atoms with van der Waals surface area (Å²) < 4.78 is 0. The van der Waals surface area contributed by atoms with Crippen molar-refractivity contribution in [3.63, 3.8) is 0 Å². The maximum absolute atomic E-state index is 12.3. The molecule has 3 aromatic rings. The van der Waals surface area contributed by atoms with Gasteiger partial charge in [0.1, 0.15) is 0 Å². The Labute approximate surface area is 146 Å². The summed E-state index contributed by atoms with van der Waals surface area (Å²) in [7, 11) is 0. The Kier molecular flexibility index (Phi) is 5.59. The normalized spacial score (nSPS) is 11.9. The summed E-state index contributed by atoms with van der Waals surface area (Å²) in [5.41, 5.74) is 2.82. The number of hydrogen-bond donors (Lipinski definition) is 3. The van der Waals surface area contributed by atoms with Crippen LogP contribution < -0.4 is 10.6 Å². The fraction of sp³-hybridized carbons (Fsp3) is 0.200. The number of amides is 2. The van der Waals surface area contributed by atoms with E-state index in [9.17, 15) is 9.90 Å². The molecule has 3 N–H and O–H groups in total. The van der Waals surface area contributed by atoms with Crippen molar-refractivity contribution in [2.75, 3.05) is 6.61 Å². The van der Waals surface area contributed by atoms with Gasteiger partial charge in [-0.2, -0.15) is 0 Å². The van der Waals surface area contributed by atoms with Crippen molar-refractivity contribution in [2.24, 2.45) is 0 Å². The topological polar surface area (TPSA) is 74.2 Å². The molecule has 25 heavy (non-hydrogen) atoms. The summed E-state index contributed by atoms with van der Waals surface area (Å²) in [6.07, 6.45) is 2.21. The van der Waals surface area contributed by atoms with Gasteiger partial charge >= 0.3 is 6.03 Å². The van der Waals surface area contributed by atoms with E-state index in [4.69, 9.17) is 0 Å². The number of aliphatic hydroxyl groups is 1. The fourth-order valence-corrected chi connectivity index (χ4v) is 2.83. The first-order chi connectivity index (χ1) is 12.3. The van der Waals surface area contributed by atoms with Gasteiger partial charge in [-0.15, -0.1) is 0 Å². The number of aliphatic hydroxyl groups excluding tert-OH is 1. The van der Waals surface area contributed by atoms with Gasteiger partial charge < -0.3 is 15.7 Å². The zero-order valence-corrected chi connectivity index (χ0v) is 13.9. The first kappa shape index (κ1) is 16.9. The van der Waals surface area contributed by atoms with Crippen molar-refractivity contribution in [1.82, 2.24) is 15.6 Å². The minimum absolute atomic E-state index is 0.00703. The van der Waals surface area contributed by atoms with E-state index in [2.05, 4.69) is 15.6 Å². The molecule has 1 atom stereocenters. The van der Waals surface area contributed by atoms with Gasteiger partial charge in [0.25, 0.3) is 0 Å². The van der Waals surface area contributed by atoms with Crippen LogP contribution in [0, 0.1) is 0 Å². The lowest BCUT2D eigenvalue weighted by molar-refractivity contribution is 0.229. The average Bonchev–Trinajstić information content (AvgIpc) is 2.66. The van der Waals surface area contributed by atoms with Gasteiger partial charge in [0, 0.05) is 24.7 Å². The number of rotatable bonds is 6. The number of fused-ring (bicyclic) bond motifs is 1. The largest absolute Gasteiger partial charge is 0.396 e. The second kappa shape index (κ2) is 8.26. The predicted octanol–water partition coefficient (Wildman–Crippen LogP) is 3.16. The standard InChI is InChI=1S/C20H21N3O2/c24-13-11-18(15-6-2-1-3-7-15)23-20(25)22-14-17-9-4-8-16-10-5-12-21-19(16)17/h1-10,12,18,24H,11,13-14H2,(H2,22,23,25)/t18-/m1/s1. The van der Waals surface area contributed by atoms with Crippen molar-refractivity contribution in [1.29, 1.82) is 0 Å². The first-order valence-electron chi connectivity index (χ1n) is 8.30. The van der Waals surface area contributed by atoms with E-state index in [0.29, 0.717) is 13.0 Å². The van der Waals surface area contributed by atoms with Gasteiger partial charge in [-0.1, -0.05) is 54.6 Å². The van der Waals surface area contributed by atoms with Crippen molar-refractivity contribution in [2.45, 2.75) is 19.0 Å². The number of hydrogen-bond acceptors (Lipinski definition) is 3. The molecule has 0 radical (unpaired) electrons. The number of benzene rings is 2. The highest BCUT2D eigenvalue weighted by molar-refractivity contribution is 5.82. The Balaban J connectivity index is 1.65. The number of nitrogens with one attached hydrogen (secondary N) is 2. The Morgan fingerprint density at radius 3 is 2.64 bits per heavy atom. The lowest BCUT2D eigenvalue weighted by Crippen LogP contribution is -2.38. The molecule has 0 fully saturated rings. The summed E-state index contributed by atoms with van der Waals surface area (Å²) in [6, 6.07) is 18.9. The summed E-state index contributed by atoms with van der Waals surface area (Å²) in [6.45, 7) is 0.397. The number of urea groups is 1. The molecule has 2 aromatic carbocycles. The molecule has 0 bridgehead atoms. The Hall–Kier alpha value is -2.92. The quantitative estimate of drug-likeness (QED) is 0.648. The number of aromatic nitrogens is 1. The van der Waals surface area contributed by atoms with Crippen LogP contribution in [0.1, 0.15) is 23.6 Å². The first-order valence-corrected chi connectivity index (χ1v) is 8.30. The molecule has 0 aliphatic rings. The van der Waals surface area contributed by atoms with E-state index in [1.807, 2.05) is 60.7 Å². The third kappa shape index (κ3) is 4.33. The smallest absolute Gasteiger partial charge is 0.315 e. The van der Waals surface area contributed by atoms with E-state index in [-0.39, 0.29) is 18.7 Å². The molecule has 0 aliphatic carbocycles. The molecule has 1 aromatic heterocycles. The molecular weight excluding hydrogens is 314 g/mol. The van der Waals surface area contributed by atoms with Crippen molar-refractivity contribution >= 4 is 16.9 Å². The van der Waals surface area contributed by atoms with E-state index in [1.165, 1.54) is 0 Å². The Bertz CT molecular complexity index is 831. The lowest BCUT2D eigenvalue weighted by atomic mass is 10.0. The lowest BCUT2D eigenvalue weighted by Gasteiger charge is -2.19. The highest BCUT2D eigenvalue weighted by Crippen LogP contribution is 2.17. The van der Waals surface area contributed by atoms with Crippen molar-refractivity contribution < 1.29 is 9.90 Å².